The van der Waals surface area contributed by atoms with Gasteiger partial charge < -0.3 is 14.5 Å². The Kier molecular flexibility index (Phi) is 3.94. The Bertz CT molecular complexity index is 455. The second kappa shape index (κ2) is 5.07. The quantitative estimate of drug-likeness (QED) is 0.881. The van der Waals surface area contributed by atoms with Gasteiger partial charge in [0, 0.05) is 5.56 Å². The SMILES string of the molecule is Cc1cnoc1C(=O)N(CC(=O)O)CC(F)(F)F. The normalized spacial score (nSPS) is 11.3. The maximum Gasteiger partial charge on any atom is 0.406 e. The second-order valence-electron chi connectivity index (χ2n) is 3.51. The van der Waals surface area contributed by atoms with E-state index in [9.17, 15) is 22.8 Å². The molecule has 1 aromatic heterocycles. The van der Waals surface area contributed by atoms with Crippen molar-refractivity contribution < 1.29 is 32.4 Å². The monoisotopic (exact) mass is 266 g/mol. The third-order valence-electron chi connectivity index (χ3n) is 1.93. The third-order valence-corrected chi connectivity index (χ3v) is 1.93. The van der Waals surface area contributed by atoms with Gasteiger partial charge in [0.15, 0.2) is 0 Å². The molecule has 0 spiro atoms. The smallest absolute Gasteiger partial charge is 0.406 e. The van der Waals surface area contributed by atoms with Crippen molar-refractivity contribution >= 4 is 11.9 Å². The summed E-state index contributed by atoms with van der Waals surface area (Å²) in [6.07, 6.45) is -3.54. The number of halogens is 3. The fourth-order valence-electron chi connectivity index (χ4n) is 1.22. The summed E-state index contributed by atoms with van der Waals surface area (Å²) in [5.41, 5.74) is 0.234. The summed E-state index contributed by atoms with van der Waals surface area (Å²) in [7, 11) is 0. The minimum Gasteiger partial charge on any atom is -0.480 e. The lowest BCUT2D eigenvalue weighted by molar-refractivity contribution is -0.149. The van der Waals surface area contributed by atoms with E-state index in [-0.39, 0.29) is 10.5 Å². The van der Waals surface area contributed by atoms with Crippen LogP contribution in [0, 0.1) is 6.92 Å². The van der Waals surface area contributed by atoms with E-state index in [4.69, 9.17) is 5.11 Å². The maximum absolute atomic E-state index is 12.2. The van der Waals surface area contributed by atoms with Crippen LogP contribution in [-0.4, -0.2) is 46.3 Å². The van der Waals surface area contributed by atoms with Gasteiger partial charge in [-0.1, -0.05) is 5.16 Å². The number of carbonyl (C=O) groups excluding carboxylic acids is 1. The van der Waals surface area contributed by atoms with Crippen molar-refractivity contribution in [2.75, 3.05) is 13.1 Å². The first-order valence-corrected chi connectivity index (χ1v) is 4.70. The van der Waals surface area contributed by atoms with Crippen molar-refractivity contribution in [3.05, 3.63) is 17.5 Å². The zero-order chi connectivity index (χ0) is 13.9. The average Bonchev–Trinajstić information content (AvgIpc) is 2.59. The summed E-state index contributed by atoms with van der Waals surface area (Å²) in [4.78, 5) is 22.3. The molecule has 0 aliphatic carbocycles. The number of aryl methyl sites for hydroxylation is 1. The molecule has 0 aromatic carbocycles. The Morgan fingerprint density at radius 1 is 1.50 bits per heavy atom. The Balaban J connectivity index is 2.93. The number of carboxylic acid groups (broad SMARTS) is 1. The number of hydrogen-bond acceptors (Lipinski definition) is 4. The van der Waals surface area contributed by atoms with Crippen molar-refractivity contribution in [1.29, 1.82) is 0 Å². The number of amides is 1. The molecule has 1 heterocycles. The average molecular weight is 266 g/mol. The lowest BCUT2D eigenvalue weighted by Gasteiger charge is -2.20. The first-order chi connectivity index (χ1) is 8.20. The highest BCUT2D eigenvalue weighted by atomic mass is 19.4. The van der Waals surface area contributed by atoms with Gasteiger partial charge in [0.05, 0.1) is 6.20 Å². The molecular weight excluding hydrogens is 257 g/mol. The summed E-state index contributed by atoms with van der Waals surface area (Å²) < 4.78 is 41.2. The number of alkyl halides is 3. The van der Waals surface area contributed by atoms with E-state index < -0.39 is 36.9 Å². The fourth-order valence-corrected chi connectivity index (χ4v) is 1.22. The number of aromatic nitrogens is 1. The van der Waals surface area contributed by atoms with Crippen LogP contribution in [0.5, 0.6) is 0 Å². The number of hydrogen-bond donors (Lipinski definition) is 1. The molecule has 0 saturated carbocycles. The first-order valence-electron chi connectivity index (χ1n) is 4.70. The van der Waals surface area contributed by atoms with Crippen molar-refractivity contribution in [3.63, 3.8) is 0 Å². The fraction of sp³-hybridized carbons (Fsp3) is 0.444. The van der Waals surface area contributed by atoms with Gasteiger partial charge in [-0.2, -0.15) is 13.2 Å². The van der Waals surface area contributed by atoms with Gasteiger partial charge in [-0.15, -0.1) is 0 Å². The summed E-state index contributed by atoms with van der Waals surface area (Å²) in [6.45, 7) is -1.33. The van der Waals surface area contributed by atoms with Crippen LogP contribution in [0.1, 0.15) is 16.1 Å². The van der Waals surface area contributed by atoms with E-state index >= 15 is 0 Å². The van der Waals surface area contributed by atoms with Crippen LogP contribution in [0.25, 0.3) is 0 Å². The van der Waals surface area contributed by atoms with Crippen molar-refractivity contribution in [2.45, 2.75) is 13.1 Å². The molecule has 100 valence electrons. The Hall–Kier alpha value is -2.06. The van der Waals surface area contributed by atoms with Crippen LogP contribution in [0.3, 0.4) is 0 Å². The zero-order valence-corrected chi connectivity index (χ0v) is 9.19. The van der Waals surface area contributed by atoms with Crippen LogP contribution in [0.15, 0.2) is 10.7 Å². The molecule has 0 atom stereocenters. The molecule has 1 aromatic rings. The molecule has 0 aliphatic heterocycles. The lowest BCUT2D eigenvalue weighted by atomic mass is 10.2. The number of carbonyl (C=O) groups is 2. The number of aliphatic carboxylic acids is 1. The van der Waals surface area contributed by atoms with E-state index in [1.807, 2.05) is 0 Å². The summed E-state index contributed by atoms with van der Waals surface area (Å²) in [5, 5.41) is 11.7. The molecule has 1 N–H and O–H groups in total. The highest BCUT2D eigenvalue weighted by Crippen LogP contribution is 2.19. The minimum atomic E-state index is -4.70. The summed E-state index contributed by atoms with van der Waals surface area (Å²) in [5.74, 6) is -3.12. The highest BCUT2D eigenvalue weighted by Gasteiger charge is 2.35. The zero-order valence-electron chi connectivity index (χ0n) is 9.19. The second-order valence-corrected chi connectivity index (χ2v) is 3.51. The number of carboxylic acids is 1. The molecule has 9 heteroatoms. The predicted molar refractivity (Wildman–Crippen MR) is 50.8 cm³/mol. The first kappa shape index (κ1) is 14.0. The van der Waals surface area contributed by atoms with E-state index in [1.165, 1.54) is 6.92 Å². The topological polar surface area (TPSA) is 83.6 Å². The van der Waals surface area contributed by atoms with Crippen LogP contribution in [0.4, 0.5) is 13.2 Å². The molecule has 0 aliphatic rings. The minimum absolute atomic E-state index is 0.135. The molecular formula is C9H9F3N2O4. The maximum atomic E-state index is 12.2. The molecule has 18 heavy (non-hydrogen) atoms. The molecule has 6 nitrogen and oxygen atoms in total. The number of rotatable bonds is 4. The van der Waals surface area contributed by atoms with Crippen molar-refractivity contribution in [2.24, 2.45) is 0 Å². The molecule has 0 unspecified atom stereocenters. The van der Waals surface area contributed by atoms with Crippen molar-refractivity contribution in [1.82, 2.24) is 10.1 Å². The van der Waals surface area contributed by atoms with Gasteiger partial charge in [-0.3, -0.25) is 9.59 Å². The van der Waals surface area contributed by atoms with Crippen LogP contribution in [0.2, 0.25) is 0 Å². The predicted octanol–water partition coefficient (Wildman–Crippen LogP) is 1.07. The summed E-state index contributed by atoms with van der Waals surface area (Å²) >= 11 is 0. The van der Waals surface area contributed by atoms with E-state index in [1.54, 1.807) is 0 Å². The van der Waals surface area contributed by atoms with Crippen LogP contribution in [-0.2, 0) is 4.79 Å². The molecule has 0 bridgehead atoms. The van der Waals surface area contributed by atoms with E-state index in [0.29, 0.717) is 0 Å². The third kappa shape index (κ3) is 3.75. The molecule has 1 rings (SSSR count). The molecule has 0 saturated heterocycles. The molecule has 1 amide bonds. The van der Waals surface area contributed by atoms with Gasteiger partial charge in [0.1, 0.15) is 13.1 Å². The van der Waals surface area contributed by atoms with Gasteiger partial charge >= 0.3 is 12.1 Å². The molecule has 0 radical (unpaired) electrons. The van der Waals surface area contributed by atoms with E-state index in [2.05, 4.69) is 9.68 Å². The number of nitrogens with zero attached hydrogens (tertiary/aromatic N) is 2. The Labute approximate surface area is 99.0 Å². The van der Waals surface area contributed by atoms with Gasteiger partial charge in [-0.25, -0.2) is 0 Å². The van der Waals surface area contributed by atoms with Gasteiger partial charge in [0.2, 0.25) is 5.76 Å². The van der Waals surface area contributed by atoms with Gasteiger partial charge in [0.25, 0.3) is 5.91 Å². The lowest BCUT2D eigenvalue weighted by Crippen LogP contribution is -2.42. The van der Waals surface area contributed by atoms with Crippen LogP contribution < -0.4 is 0 Å². The van der Waals surface area contributed by atoms with E-state index in [0.717, 1.165) is 6.20 Å². The Morgan fingerprint density at radius 2 is 2.11 bits per heavy atom. The van der Waals surface area contributed by atoms with Gasteiger partial charge in [-0.05, 0) is 6.92 Å². The largest absolute Gasteiger partial charge is 0.480 e. The summed E-state index contributed by atoms with van der Waals surface area (Å²) in [6, 6.07) is 0. The molecule has 0 fully saturated rings. The van der Waals surface area contributed by atoms with Crippen LogP contribution >= 0.6 is 0 Å². The standard InChI is InChI=1S/C9H9F3N2O4/c1-5-2-13-18-7(5)8(17)14(3-6(15)16)4-9(10,11)12/h2H,3-4H2,1H3,(H,15,16). The Morgan fingerprint density at radius 3 is 2.50 bits per heavy atom. The highest BCUT2D eigenvalue weighted by molar-refractivity contribution is 5.94. The van der Waals surface area contributed by atoms with Crippen molar-refractivity contribution in [3.8, 4) is 0 Å².